The van der Waals surface area contributed by atoms with E-state index in [1.54, 1.807) is 12.1 Å². The van der Waals surface area contributed by atoms with E-state index in [2.05, 4.69) is 11.1 Å². The minimum absolute atomic E-state index is 0.284. The summed E-state index contributed by atoms with van der Waals surface area (Å²) in [5.41, 5.74) is 2.89. The van der Waals surface area contributed by atoms with Gasteiger partial charge in [-0.1, -0.05) is 18.6 Å². The third kappa shape index (κ3) is 2.27. The lowest BCUT2D eigenvalue weighted by Gasteiger charge is -2.30. The molecule has 5 nitrogen and oxygen atoms in total. The van der Waals surface area contributed by atoms with Crippen LogP contribution in [0.2, 0.25) is 0 Å². The molecule has 2 aliphatic rings. The number of hydrogen-bond acceptors (Lipinski definition) is 5. The molecule has 2 aromatic rings. The lowest BCUT2D eigenvalue weighted by atomic mass is 9.87. The first kappa shape index (κ1) is 16.5. The van der Waals surface area contributed by atoms with Gasteiger partial charge < -0.3 is 10.0 Å². The molecule has 0 spiro atoms. The maximum atomic E-state index is 13.0. The van der Waals surface area contributed by atoms with Crippen LogP contribution < -0.4 is 4.90 Å². The number of carbonyl (C=O) groups is 1. The number of nitriles is 1. The number of amidine groups is 1. The smallest absolute Gasteiger partial charge is 0.204 e. The zero-order valence-corrected chi connectivity index (χ0v) is 14.8. The summed E-state index contributed by atoms with van der Waals surface area (Å²) in [6, 6.07) is 13.3. The Kier molecular flexibility index (Phi) is 3.67. The van der Waals surface area contributed by atoms with Gasteiger partial charge in [-0.3, -0.25) is 4.79 Å². The van der Waals surface area contributed by atoms with Crippen molar-refractivity contribution in [2.75, 3.05) is 11.4 Å². The van der Waals surface area contributed by atoms with Gasteiger partial charge in [0.2, 0.25) is 5.78 Å². The van der Waals surface area contributed by atoms with Crippen LogP contribution in [0.15, 0.2) is 41.4 Å². The Morgan fingerprint density at radius 1 is 1.31 bits per heavy atom. The topological polar surface area (TPSA) is 76.7 Å². The summed E-state index contributed by atoms with van der Waals surface area (Å²) in [6.45, 7) is 4.42. The van der Waals surface area contributed by atoms with E-state index in [9.17, 15) is 15.2 Å². The second-order valence-electron chi connectivity index (χ2n) is 6.85. The summed E-state index contributed by atoms with van der Waals surface area (Å²) in [6.07, 6.45) is 1.04. The van der Waals surface area contributed by atoms with Crippen molar-refractivity contribution in [2.24, 2.45) is 4.99 Å². The maximum absolute atomic E-state index is 13.0. The van der Waals surface area contributed by atoms with Gasteiger partial charge in [0.1, 0.15) is 5.84 Å². The highest BCUT2D eigenvalue weighted by Gasteiger charge is 2.52. The van der Waals surface area contributed by atoms with Crippen LogP contribution in [-0.2, 0) is 6.42 Å². The maximum Gasteiger partial charge on any atom is 0.204 e. The standard InChI is InChI=1S/C21H19N3O2/c1-3-14-11-16(6-5-15(14)12-22)24-9-8-21(26)19(25)17-10-13(2)4-7-18(17)23-20(21)24/h4-7,10-11,26H,3,8-9H2,1-2H3/t21-/m1/s1. The van der Waals surface area contributed by atoms with Gasteiger partial charge >= 0.3 is 0 Å². The van der Waals surface area contributed by atoms with Gasteiger partial charge in [0.25, 0.3) is 0 Å². The number of Topliss-reactive ketones (excluding diaryl/α,β-unsaturated/α-hetero) is 1. The van der Waals surface area contributed by atoms with Crippen molar-refractivity contribution in [3.05, 3.63) is 58.7 Å². The lowest BCUT2D eigenvalue weighted by molar-refractivity contribution is 0.0602. The summed E-state index contributed by atoms with van der Waals surface area (Å²) < 4.78 is 0. The highest BCUT2D eigenvalue weighted by molar-refractivity contribution is 6.28. The number of aliphatic imine (C=N–C) groups is 1. The molecule has 0 radical (unpaired) electrons. The molecule has 26 heavy (non-hydrogen) atoms. The first-order valence-electron chi connectivity index (χ1n) is 8.75. The predicted molar refractivity (Wildman–Crippen MR) is 100 cm³/mol. The summed E-state index contributed by atoms with van der Waals surface area (Å²) in [7, 11) is 0. The molecule has 130 valence electrons. The van der Waals surface area contributed by atoms with Gasteiger partial charge in [0, 0.05) is 24.2 Å². The molecule has 0 bridgehead atoms. The largest absolute Gasteiger partial charge is 0.374 e. The Morgan fingerprint density at radius 2 is 2.12 bits per heavy atom. The molecule has 1 N–H and O–H groups in total. The van der Waals surface area contributed by atoms with Crippen LogP contribution in [0.3, 0.4) is 0 Å². The normalized spacial score (nSPS) is 21.1. The molecule has 1 saturated heterocycles. The Balaban J connectivity index is 1.84. The first-order chi connectivity index (χ1) is 12.5. The van der Waals surface area contributed by atoms with Crippen LogP contribution in [0.25, 0.3) is 0 Å². The molecule has 0 unspecified atom stereocenters. The average Bonchev–Trinajstić information content (AvgIpc) is 3.00. The highest BCUT2D eigenvalue weighted by Crippen LogP contribution is 2.40. The molecular formula is C21H19N3O2. The Morgan fingerprint density at radius 3 is 2.85 bits per heavy atom. The van der Waals surface area contributed by atoms with Gasteiger partial charge in [-0.15, -0.1) is 0 Å². The zero-order valence-electron chi connectivity index (χ0n) is 14.8. The first-order valence-corrected chi connectivity index (χ1v) is 8.75. The van der Waals surface area contributed by atoms with E-state index in [0.29, 0.717) is 35.6 Å². The van der Waals surface area contributed by atoms with Crippen molar-refractivity contribution >= 4 is 23.0 Å². The molecule has 0 amide bonds. The predicted octanol–water partition coefficient (Wildman–Crippen LogP) is 3.30. The molecule has 5 heteroatoms. The monoisotopic (exact) mass is 345 g/mol. The second kappa shape index (κ2) is 5.79. The highest BCUT2D eigenvalue weighted by atomic mass is 16.3. The number of nitrogens with zero attached hydrogens (tertiary/aromatic N) is 3. The molecule has 0 saturated carbocycles. The van der Waals surface area contributed by atoms with Gasteiger partial charge in [-0.2, -0.15) is 5.26 Å². The molecule has 2 aromatic carbocycles. The summed E-state index contributed by atoms with van der Waals surface area (Å²) >= 11 is 0. The number of benzene rings is 2. The van der Waals surface area contributed by atoms with Crippen LogP contribution in [0.5, 0.6) is 0 Å². The van der Waals surface area contributed by atoms with E-state index < -0.39 is 5.60 Å². The number of aliphatic hydroxyl groups is 1. The minimum Gasteiger partial charge on any atom is -0.374 e. The molecular weight excluding hydrogens is 326 g/mol. The summed E-state index contributed by atoms with van der Waals surface area (Å²) in [5.74, 6) is 0.0960. The average molecular weight is 345 g/mol. The SMILES string of the molecule is CCc1cc(N2CC[C@@]3(O)C(=O)c4cc(C)ccc4N=C23)ccc1C#N. The van der Waals surface area contributed by atoms with Gasteiger partial charge in [0.15, 0.2) is 5.60 Å². The summed E-state index contributed by atoms with van der Waals surface area (Å²) in [4.78, 5) is 19.5. The Hall–Kier alpha value is -2.97. The van der Waals surface area contributed by atoms with Crippen molar-refractivity contribution < 1.29 is 9.90 Å². The fourth-order valence-electron chi connectivity index (χ4n) is 3.75. The number of ketones is 1. The zero-order chi connectivity index (χ0) is 18.5. The van der Waals surface area contributed by atoms with E-state index in [1.165, 1.54) is 0 Å². The van der Waals surface area contributed by atoms with E-state index in [1.807, 2.05) is 43.0 Å². The fourth-order valence-corrected chi connectivity index (χ4v) is 3.75. The van der Waals surface area contributed by atoms with E-state index in [0.717, 1.165) is 23.2 Å². The third-order valence-corrected chi connectivity index (χ3v) is 5.22. The Bertz CT molecular complexity index is 1000. The quantitative estimate of drug-likeness (QED) is 0.906. The number of carbonyl (C=O) groups excluding carboxylic acids is 1. The van der Waals surface area contributed by atoms with Gasteiger partial charge in [0.05, 0.1) is 17.3 Å². The van der Waals surface area contributed by atoms with Crippen molar-refractivity contribution in [3.8, 4) is 6.07 Å². The van der Waals surface area contributed by atoms with E-state index >= 15 is 0 Å². The summed E-state index contributed by atoms with van der Waals surface area (Å²) in [5, 5.41) is 20.3. The van der Waals surface area contributed by atoms with Crippen LogP contribution in [0.1, 0.15) is 40.4 Å². The number of hydrogen-bond donors (Lipinski definition) is 1. The van der Waals surface area contributed by atoms with Crippen LogP contribution in [-0.4, -0.2) is 28.9 Å². The van der Waals surface area contributed by atoms with Crippen LogP contribution >= 0.6 is 0 Å². The van der Waals surface area contributed by atoms with Gasteiger partial charge in [-0.25, -0.2) is 4.99 Å². The van der Waals surface area contributed by atoms with Crippen molar-refractivity contribution in [1.29, 1.82) is 5.26 Å². The van der Waals surface area contributed by atoms with Crippen molar-refractivity contribution in [1.82, 2.24) is 0 Å². The molecule has 2 heterocycles. The molecule has 2 aliphatic heterocycles. The van der Waals surface area contributed by atoms with Crippen LogP contribution in [0, 0.1) is 18.3 Å². The molecule has 0 aromatic heterocycles. The number of fused-ring (bicyclic) bond motifs is 2. The van der Waals surface area contributed by atoms with Crippen molar-refractivity contribution in [2.45, 2.75) is 32.3 Å². The number of anilines is 1. The van der Waals surface area contributed by atoms with Gasteiger partial charge in [-0.05, 0) is 49.2 Å². The number of aryl methyl sites for hydroxylation is 2. The lowest BCUT2D eigenvalue weighted by Crippen LogP contribution is -2.48. The Labute approximate surface area is 152 Å². The van der Waals surface area contributed by atoms with E-state index in [-0.39, 0.29) is 5.78 Å². The second-order valence-corrected chi connectivity index (χ2v) is 6.85. The fraction of sp³-hybridized carbons (Fsp3) is 0.286. The molecule has 1 fully saturated rings. The van der Waals surface area contributed by atoms with Crippen molar-refractivity contribution in [3.63, 3.8) is 0 Å². The molecule has 1 atom stereocenters. The molecule has 0 aliphatic carbocycles. The minimum atomic E-state index is -1.58. The third-order valence-electron chi connectivity index (χ3n) is 5.22. The van der Waals surface area contributed by atoms with E-state index in [4.69, 9.17) is 0 Å². The van der Waals surface area contributed by atoms with Crippen LogP contribution in [0.4, 0.5) is 11.4 Å². The molecule has 4 rings (SSSR count). The number of rotatable bonds is 2.